The van der Waals surface area contributed by atoms with Crippen molar-refractivity contribution in [1.29, 1.82) is 0 Å². The number of carbonyl (C=O) groups is 2. The topological polar surface area (TPSA) is 76.1 Å². The van der Waals surface area contributed by atoms with Gasteiger partial charge in [-0.25, -0.2) is 0 Å². The molecule has 1 N–H and O–H groups in total. The Bertz CT molecular complexity index is 370. The molecule has 21 heavy (non-hydrogen) atoms. The molecular weight excluding hydrogens is 274 g/mol. The zero-order valence-electron chi connectivity index (χ0n) is 12.7. The first-order valence-corrected chi connectivity index (χ1v) is 7.72. The molecule has 0 radical (unpaired) electrons. The number of hydrogen-bond donors (Lipinski definition) is 1. The van der Waals surface area contributed by atoms with Crippen LogP contribution in [0.2, 0.25) is 0 Å². The molecule has 0 aromatic carbocycles. The molecule has 6 heteroatoms. The lowest BCUT2D eigenvalue weighted by Crippen LogP contribution is -2.46. The van der Waals surface area contributed by atoms with Crippen LogP contribution < -0.4 is 0 Å². The van der Waals surface area contributed by atoms with Gasteiger partial charge in [0.25, 0.3) is 0 Å². The molecule has 2 saturated heterocycles. The lowest BCUT2D eigenvalue weighted by atomic mass is 9.80. The highest BCUT2D eigenvalue weighted by Crippen LogP contribution is 2.31. The standard InChI is InChI=1S/C15H25NO5/c1-15(14(18)19)5-7-16(8-6-15)13(17)11-20-10-12-4-2-3-9-21-12/h12H,2-11H2,1H3,(H,18,19). The molecule has 2 aliphatic heterocycles. The number of nitrogens with zero attached hydrogens (tertiary/aromatic N) is 1. The zero-order valence-corrected chi connectivity index (χ0v) is 12.7. The summed E-state index contributed by atoms with van der Waals surface area (Å²) in [6, 6.07) is 0. The monoisotopic (exact) mass is 299 g/mol. The molecule has 0 aromatic heterocycles. The summed E-state index contributed by atoms with van der Waals surface area (Å²) in [6.45, 7) is 4.03. The number of amides is 1. The highest BCUT2D eigenvalue weighted by atomic mass is 16.5. The molecule has 2 heterocycles. The van der Waals surface area contributed by atoms with E-state index in [2.05, 4.69) is 0 Å². The Morgan fingerprint density at radius 1 is 1.33 bits per heavy atom. The van der Waals surface area contributed by atoms with Crippen LogP contribution in [0.25, 0.3) is 0 Å². The summed E-state index contributed by atoms with van der Waals surface area (Å²) in [7, 11) is 0. The van der Waals surface area contributed by atoms with E-state index in [0.29, 0.717) is 32.5 Å². The minimum absolute atomic E-state index is 0.0572. The predicted octanol–water partition coefficient (Wildman–Crippen LogP) is 1.29. The first-order valence-electron chi connectivity index (χ1n) is 7.72. The summed E-state index contributed by atoms with van der Waals surface area (Å²) >= 11 is 0. The molecule has 2 aliphatic rings. The maximum atomic E-state index is 12.0. The van der Waals surface area contributed by atoms with Crippen LogP contribution in [-0.2, 0) is 19.1 Å². The minimum atomic E-state index is -0.778. The highest BCUT2D eigenvalue weighted by molar-refractivity contribution is 5.79. The molecule has 1 unspecified atom stereocenters. The van der Waals surface area contributed by atoms with Crippen molar-refractivity contribution in [2.45, 2.75) is 45.1 Å². The van der Waals surface area contributed by atoms with Crippen LogP contribution in [0.4, 0.5) is 0 Å². The summed E-state index contributed by atoms with van der Waals surface area (Å²) in [6.07, 6.45) is 4.37. The van der Waals surface area contributed by atoms with Crippen molar-refractivity contribution in [2.75, 3.05) is 32.9 Å². The van der Waals surface area contributed by atoms with E-state index in [9.17, 15) is 9.59 Å². The fourth-order valence-electron chi connectivity index (χ4n) is 2.77. The normalized spacial score (nSPS) is 25.6. The van der Waals surface area contributed by atoms with Crippen LogP contribution in [0.15, 0.2) is 0 Å². The summed E-state index contributed by atoms with van der Waals surface area (Å²) in [5.74, 6) is -0.835. The van der Waals surface area contributed by atoms with Crippen molar-refractivity contribution in [2.24, 2.45) is 5.41 Å². The molecule has 1 amide bonds. The molecule has 0 aromatic rings. The molecule has 0 bridgehead atoms. The van der Waals surface area contributed by atoms with Gasteiger partial charge in [-0.2, -0.15) is 0 Å². The smallest absolute Gasteiger partial charge is 0.309 e. The second kappa shape index (κ2) is 7.22. The first kappa shape index (κ1) is 16.2. The summed E-state index contributed by atoms with van der Waals surface area (Å²) < 4.78 is 11.0. The number of piperidine rings is 1. The van der Waals surface area contributed by atoms with Gasteiger partial charge in [0.15, 0.2) is 0 Å². The van der Waals surface area contributed by atoms with E-state index in [1.807, 2.05) is 0 Å². The van der Waals surface area contributed by atoms with Gasteiger partial charge in [-0.05, 0) is 39.0 Å². The molecule has 2 rings (SSSR count). The minimum Gasteiger partial charge on any atom is -0.481 e. The van der Waals surface area contributed by atoms with Gasteiger partial charge in [0.05, 0.1) is 18.1 Å². The number of rotatable bonds is 5. The highest BCUT2D eigenvalue weighted by Gasteiger charge is 2.37. The Morgan fingerprint density at radius 3 is 2.62 bits per heavy atom. The van der Waals surface area contributed by atoms with Gasteiger partial charge in [-0.1, -0.05) is 0 Å². The van der Waals surface area contributed by atoms with E-state index < -0.39 is 11.4 Å². The maximum absolute atomic E-state index is 12.0. The van der Waals surface area contributed by atoms with Crippen LogP contribution in [0.5, 0.6) is 0 Å². The Morgan fingerprint density at radius 2 is 2.05 bits per heavy atom. The summed E-state index contributed by atoms with van der Waals surface area (Å²) in [5.41, 5.74) is -0.701. The van der Waals surface area contributed by atoms with Gasteiger partial charge in [-0.3, -0.25) is 9.59 Å². The molecule has 0 spiro atoms. The molecule has 120 valence electrons. The van der Waals surface area contributed by atoms with Crippen LogP contribution in [0.1, 0.15) is 39.0 Å². The fraction of sp³-hybridized carbons (Fsp3) is 0.867. The van der Waals surface area contributed by atoms with Crippen LogP contribution >= 0.6 is 0 Å². The van der Waals surface area contributed by atoms with E-state index in [4.69, 9.17) is 14.6 Å². The van der Waals surface area contributed by atoms with Crippen LogP contribution in [0.3, 0.4) is 0 Å². The molecule has 6 nitrogen and oxygen atoms in total. The van der Waals surface area contributed by atoms with Gasteiger partial charge in [0.2, 0.25) is 5.91 Å². The lowest BCUT2D eigenvalue weighted by Gasteiger charge is -2.36. The Balaban J connectivity index is 1.66. The summed E-state index contributed by atoms with van der Waals surface area (Å²) in [4.78, 5) is 24.9. The second-order valence-corrected chi connectivity index (χ2v) is 6.25. The van der Waals surface area contributed by atoms with Crippen molar-refractivity contribution in [3.63, 3.8) is 0 Å². The van der Waals surface area contributed by atoms with Crippen LogP contribution in [0, 0.1) is 5.41 Å². The maximum Gasteiger partial charge on any atom is 0.309 e. The van der Waals surface area contributed by atoms with Crippen molar-refractivity contribution < 1.29 is 24.2 Å². The van der Waals surface area contributed by atoms with Crippen molar-refractivity contribution >= 4 is 11.9 Å². The van der Waals surface area contributed by atoms with E-state index in [1.54, 1.807) is 11.8 Å². The number of carboxylic acids is 1. The SMILES string of the molecule is CC1(C(=O)O)CCN(C(=O)COCC2CCCCO2)CC1. The van der Waals surface area contributed by atoms with Crippen LogP contribution in [-0.4, -0.2) is 60.9 Å². The zero-order chi connectivity index (χ0) is 15.3. The van der Waals surface area contributed by atoms with E-state index in [-0.39, 0.29) is 18.6 Å². The molecule has 1 atom stereocenters. The lowest BCUT2D eigenvalue weighted by molar-refractivity contribution is -0.154. The fourth-order valence-corrected chi connectivity index (χ4v) is 2.77. The van der Waals surface area contributed by atoms with Gasteiger partial charge in [0.1, 0.15) is 6.61 Å². The average Bonchev–Trinajstić information content (AvgIpc) is 2.49. The number of ether oxygens (including phenoxy) is 2. The van der Waals surface area contributed by atoms with Crippen molar-refractivity contribution in [3.8, 4) is 0 Å². The Hall–Kier alpha value is -1.14. The predicted molar refractivity (Wildman–Crippen MR) is 76.0 cm³/mol. The quantitative estimate of drug-likeness (QED) is 0.827. The van der Waals surface area contributed by atoms with E-state index in [0.717, 1.165) is 25.9 Å². The molecule has 0 aliphatic carbocycles. The number of carboxylic acid groups (broad SMARTS) is 1. The third-order valence-electron chi connectivity index (χ3n) is 4.54. The number of aliphatic carboxylic acids is 1. The van der Waals surface area contributed by atoms with E-state index in [1.165, 1.54) is 0 Å². The number of hydrogen-bond acceptors (Lipinski definition) is 4. The number of likely N-dealkylation sites (tertiary alicyclic amines) is 1. The first-order chi connectivity index (χ1) is 10.0. The van der Waals surface area contributed by atoms with Gasteiger partial charge in [-0.15, -0.1) is 0 Å². The van der Waals surface area contributed by atoms with E-state index >= 15 is 0 Å². The van der Waals surface area contributed by atoms with Gasteiger partial charge in [0, 0.05) is 19.7 Å². The molecule has 0 saturated carbocycles. The third kappa shape index (κ3) is 4.41. The molecular formula is C15H25NO5. The average molecular weight is 299 g/mol. The Labute approximate surface area is 125 Å². The summed E-state index contributed by atoms with van der Waals surface area (Å²) in [5, 5.41) is 9.17. The third-order valence-corrected chi connectivity index (χ3v) is 4.54. The number of carbonyl (C=O) groups excluding carboxylic acids is 1. The Kier molecular flexibility index (Phi) is 5.58. The largest absolute Gasteiger partial charge is 0.481 e. The van der Waals surface area contributed by atoms with Crippen molar-refractivity contribution in [1.82, 2.24) is 4.90 Å². The van der Waals surface area contributed by atoms with Crippen molar-refractivity contribution in [3.05, 3.63) is 0 Å². The van der Waals surface area contributed by atoms with Gasteiger partial charge < -0.3 is 19.5 Å². The molecule has 2 fully saturated rings. The second-order valence-electron chi connectivity index (χ2n) is 6.25. The van der Waals surface area contributed by atoms with Gasteiger partial charge >= 0.3 is 5.97 Å².